The standard InChI is InChI=1S/C37H25N5/c1-2-8-25(9-3-1)30-11-4-5-12-32(30)41-28-16-19-31-34(24-28)42(33-20-15-26-10-6-21-38-36(26)35(31)33)29-17-13-27(14-18-29)37-39-22-7-23-40-37/h1-24,41H. The van der Waals surface area contributed by atoms with Gasteiger partial charge in [0.1, 0.15) is 0 Å². The SMILES string of the molecule is c1ccc(-c2ccccc2Nc2ccc3c4c5ncccc5ccc4n(-c4ccc(-c5ncccn5)cc4)c3c2)cc1. The van der Waals surface area contributed by atoms with Crippen molar-refractivity contribution in [2.45, 2.75) is 0 Å². The Morgan fingerprint density at radius 1 is 0.548 bits per heavy atom. The largest absolute Gasteiger partial charge is 0.355 e. The Labute approximate surface area is 242 Å². The van der Waals surface area contributed by atoms with Crippen LogP contribution in [-0.4, -0.2) is 19.5 Å². The molecule has 5 nitrogen and oxygen atoms in total. The van der Waals surface area contributed by atoms with E-state index in [2.05, 4.69) is 129 Å². The number of nitrogens with zero attached hydrogens (tertiary/aromatic N) is 4. The Bertz CT molecular complexity index is 2200. The summed E-state index contributed by atoms with van der Waals surface area (Å²) in [6, 6.07) is 44.3. The van der Waals surface area contributed by atoms with Crippen molar-refractivity contribution < 1.29 is 0 Å². The first-order valence-electron chi connectivity index (χ1n) is 13.9. The van der Waals surface area contributed by atoms with Gasteiger partial charge in [0.05, 0.1) is 16.6 Å². The fraction of sp³-hybridized carbons (Fsp3) is 0. The van der Waals surface area contributed by atoms with E-state index in [1.165, 1.54) is 5.56 Å². The van der Waals surface area contributed by atoms with Crippen molar-refractivity contribution in [3.63, 3.8) is 0 Å². The first-order valence-corrected chi connectivity index (χ1v) is 13.9. The highest BCUT2D eigenvalue weighted by atomic mass is 15.0. The number of rotatable bonds is 5. The Morgan fingerprint density at radius 2 is 1.33 bits per heavy atom. The highest BCUT2D eigenvalue weighted by Gasteiger charge is 2.17. The van der Waals surface area contributed by atoms with Crippen LogP contribution < -0.4 is 5.32 Å². The van der Waals surface area contributed by atoms with E-state index in [0.29, 0.717) is 5.82 Å². The number of anilines is 2. The fourth-order valence-electron chi connectivity index (χ4n) is 5.82. The molecule has 0 aliphatic carbocycles. The van der Waals surface area contributed by atoms with Gasteiger partial charge in [-0.15, -0.1) is 0 Å². The number of hydrogen-bond acceptors (Lipinski definition) is 4. The molecule has 0 bridgehead atoms. The van der Waals surface area contributed by atoms with Gasteiger partial charge in [-0.05, 0) is 66.2 Å². The fourth-order valence-corrected chi connectivity index (χ4v) is 5.82. The summed E-state index contributed by atoms with van der Waals surface area (Å²) in [5, 5.41) is 7.14. The van der Waals surface area contributed by atoms with E-state index in [9.17, 15) is 0 Å². The van der Waals surface area contributed by atoms with Crippen LogP contribution in [0.5, 0.6) is 0 Å². The maximum atomic E-state index is 4.81. The molecule has 5 heteroatoms. The molecule has 8 aromatic rings. The molecule has 0 fully saturated rings. The number of para-hydroxylation sites is 1. The second-order valence-electron chi connectivity index (χ2n) is 10.3. The minimum atomic E-state index is 0.713. The van der Waals surface area contributed by atoms with E-state index < -0.39 is 0 Å². The van der Waals surface area contributed by atoms with Crippen LogP contribution in [0.4, 0.5) is 11.4 Å². The molecular formula is C37H25N5. The Morgan fingerprint density at radius 3 is 2.19 bits per heavy atom. The number of hydrogen-bond donors (Lipinski definition) is 1. The number of fused-ring (bicyclic) bond motifs is 5. The molecule has 8 rings (SSSR count). The summed E-state index contributed by atoms with van der Waals surface area (Å²) in [6.45, 7) is 0. The maximum absolute atomic E-state index is 4.81. The molecule has 0 amide bonds. The van der Waals surface area contributed by atoms with Crippen LogP contribution in [0, 0.1) is 0 Å². The molecule has 0 saturated heterocycles. The third-order valence-corrected chi connectivity index (χ3v) is 7.74. The molecule has 1 N–H and O–H groups in total. The zero-order chi connectivity index (χ0) is 27.9. The van der Waals surface area contributed by atoms with E-state index in [1.807, 2.05) is 24.4 Å². The highest BCUT2D eigenvalue weighted by Crippen LogP contribution is 2.38. The molecule has 0 atom stereocenters. The summed E-state index contributed by atoms with van der Waals surface area (Å²) >= 11 is 0. The molecule has 3 aromatic heterocycles. The van der Waals surface area contributed by atoms with Gasteiger partial charge in [0, 0.05) is 62.9 Å². The van der Waals surface area contributed by atoms with Gasteiger partial charge < -0.3 is 9.88 Å². The van der Waals surface area contributed by atoms with Crippen molar-refractivity contribution >= 4 is 44.1 Å². The molecule has 0 unspecified atom stereocenters. The Balaban J connectivity index is 1.31. The van der Waals surface area contributed by atoms with Gasteiger partial charge in [-0.25, -0.2) is 9.97 Å². The number of benzene rings is 5. The van der Waals surface area contributed by atoms with Gasteiger partial charge >= 0.3 is 0 Å². The van der Waals surface area contributed by atoms with Crippen LogP contribution in [0.25, 0.3) is 60.9 Å². The van der Waals surface area contributed by atoms with E-state index >= 15 is 0 Å². The predicted octanol–water partition coefficient (Wildman–Crippen LogP) is 9.20. The lowest BCUT2D eigenvalue weighted by molar-refractivity contribution is 1.16. The van der Waals surface area contributed by atoms with Gasteiger partial charge in [0.2, 0.25) is 0 Å². The monoisotopic (exact) mass is 539 g/mol. The van der Waals surface area contributed by atoms with E-state index in [0.717, 1.165) is 60.9 Å². The second-order valence-corrected chi connectivity index (χ2v) is 10.3. The summed E-state index contributed by atoms with van der Waals surface area (Å²) in [6.07, 6.45) is 5.41. The molecule has 0 aliphatic heterocycles. The second kappa shape index (κ2) is 9.98. The van der Waals surface area contributed by atoms with Crippen molar-refractivity contribution in [1.82, 2.24) is 19.5 Å². The average Bonchev–Trinajstić information content (AvgIpc) is 3.40. The van der Waals surface area contributed by atoms with Crippen LogP contribution in [0.15, 0.2) is 146 Å². The van der Waals surface area contributed by atoms with Gasteiger partial charge in [0.25, 0.3) is 0 Å². The molecule has 0 saturated carbocycles. The minimum Gasteiger partial charge on any atom is -0.355 e. The summed E-state index contributed by atoms with van der Waals surface area (Å²) in [5.41, 5.74) is 9.67. The lowest BCUT2D eigenvalue weighted by Gasteiger charge is -2.14. The maximum Gasteiger partial charge on any atom is 0.159 e. The Kier molecular flexibility index (Phi) is 5.71. The topological polar surface area (TPSA) is 55.6 Å². The quantitative estimate of drug-likeness (QED) is 0.237. The first-order chi connectivity index (χ1) is 20.8. The molecule has 3 heterocycles. The summed E-state index contributed by atoms with van der Waals surface area (Å²) in [7, 11) is 0. The average molecular weight is 540 g/mol. The van der Waals surface area contributed by atoms with Gasteiger partial charge in [-0.2, -0.15) is 0 Å². The number of aromatic nitrogens is 4. The van der Waals surface area contributed by atoms with Crippen LogP contribution in [0.2, 0.25) is 0 Å². The molecule has 5 aromatic carbocycles. The van der Waals surface area contributed by atoms with E-state index in [4.69, 9.17) is 4.98 Å². The van der Waals surface area contributed by atoms with Crippen molar-refractivity contribution in [3.8, 4) is 28.2 Å². The molecule has 198 valence electrons. The van der Waals surface area contributed by atoms with Crippen LogP contribution >= 0.6 is 0 Å². The molecule has 0 spiro atoms. The molecular weight excluding hydrogens is 514 g/mol. The summed E-state index contributed by atoms with van der Waals surface area (Å²) in [4.78, 5) is 13.7. The number of nitrogens with one attached hydrogen (secondary N) is 1. The van der Waals surface area contributed by atoms with Crippen LogP contribution in [-0.2, 0) is 0 Å². The zero-order valence-corrected chi connectivity index (χ0v) is 22.6. The van der Waals surface area contributed by atoms with E-state index in [-0.39, 0.29) is 0 Å². The third-order valence-electron chi connectivity index (χ3n) is 7.74. The molecule has 42 heavy (non-hydrogen) atoms. The smallest absolute Gasteiger partial charge is 0.159 e. The van der Waals surface area contributed by atoms with Crippen LogP contribution in [0.3, 0.4) is 0 Å². The third kappa shape index (κ3) is 4.07. The molecule has 0 aliphatic rings. The minimum absolute atomic E-state index is 0.713. The van der Waals surface area contributed by atoms with Crippen LogP contribution in [0.1, 0.15) is 0 Å². The highest BCUT2D eigenvalue weighted by molar-refractivity contribution is 6.20. The van der Waals surface area contributed by atoms with Crippen molar-refractivity contribution in [3.05, 3.63) is 146 Å². The van der Waals surface area contributed by atoms with E-state index in [1.54, 1.807) is 12.4 Å². The first kappa shape index (κ1) is 24.0. The predicted molar refractivity (Wildman–Crippen MR) is 172 cm³/mol. The lowest BCUT2D eigenvalue weighted by Crippen LogP contribution is -1.96. The summed E-state index contributed by atoms with van der Waals surface area (Å²) in [5.74, 6) is 0.713. The normalized spacial score (nSPS) is 11.3. The van der Waals surface area contributed by atoms with Gasteiger partial charge in [-0.1, -0.05) is 66.7 Å². The van der Waals surface area contributed by atoms with Crippen molar-refractivity contribution in [2.24, 2.45) is 0 Å². The van der Waals surface area contributed by atoms with Gasteiger partial charge in [-0.3, -0.25) is 4.98 Å². The number of pyridine rings is 1. The summed E-state index contributed by atoms with van der Waals surface area (Å²) < 4.78 is 2.32. The molecule has 0 radical (unpaired) electrons. The Hall–Kier alpha value is -5.81. The lowest BCUT2D eigenvalue weighted by atomic mass is 10.0. The zero-order valence-electron chi connectivity index (χ0n) is 22.6. The van der Waals surface area contributed by atoms with Crippen molar-refractivity contribution in [2.75, 3.05) is 5.32 Å². The van der Waals surface area contributed by atoms with Crippen molar-refractivity contribution in [1.29, 1.82) is 0 Å². The van der Waals surface area contributed by atoms with Gasteiger partial charge in [0.15, 0.2) is 5.82 Å².